The van der Waals surface area contributed by atoms with Gasteiger partial charge in [-0.3, -0.25) is 0 Å². The summed E-state index contributed by atoms with van der Waals surface area (Å²) in [6.45, 7) is 10.1. The van der Waals surface area contributed by atoms with Crippen molar-refractivity contribution in [1.29, 1.82) is 0 Å². The van der Waals surface area contributed by atoms with Gasteiger partial charge >= 0.3 is 0 Å². The van der Waals surface area contributed by atoms with Gasteiger partial charge in [0.05, 0.1) is 0 Å². The number of nitrogens with zero attached hydrogens (tertiary/aromatic N) is 2. The molecule has 0 aliphatic carbocycles. The van der Waals surface area contributed by atoms with E-state index in [9.17, 15) is 8.42 Å². The molecule has 0 aromatic carbocycles. The van der Waals surface area contributed by atoms with Gasteiger partial charge in [-0.2, -0.15) is 17.4 Å². The zero-order valence-electron chi connectivity index (χ0n) is 13.9. The van der Waals surface area contributed by atoms with E-state index < -0.39 is 10.2 Å². The molecule has 0 aromatic heterocycles. The van der Waals surface area contributed by atoms with Crippen LogP contribution in [0.3, 0.4) is 0 Å². The van der Waals surface area contributed by atoms with Crippen molar-refractivity contribution in [3.8, 4) is 0 Å². The molecule has 6 nitrogen and oxygen atoms in total. The molecule has 1 fully saturated rings. The molecule has 7 heteroatoms. The van der Waals surface area contributed by atoms with Crippen molar-refractivity contribution in [2.45, 2.75) is 52.1 Å². The average molecular weight is 321 g/mol. The van der Waals surface area contributed by atoms with Gasteiger partial charge in [0.1, 0.15) is 0 Å². The summed E-state index contributed by atoms with van der Waals surface area (Å²) in [6, 6.07) is -0.00559. The molecule has 1 saturated heterocycles. The largest absolute Gasteiger partial charge is 0.318 e. The summed E-state index contributed by atoms with van der Waals surface area (Å²) in [6.07, 6.45) is 2.99. The smallest absolute Gasteiger partial charge is 0.280 e. The second kappa shape index (κ2) is 9.05. The van der Waals surface area contributed by atoms with Gasteiger partial charge in [-0.1, -0.05) is 20.3 Å². The molecule has 0 radical (unpaired) electrons. The van der Waals surface area contributed by atoms with Crippen LogP contribution in [-0.2, 0) is 10.2 Å². The van der Waals surface area contributed by atoms with E-state index in [1.165, 1.54) is 0 Å². The monoisotopic (exact) mass is 320 g/mol. The lowest BCUT2D eigenvalue weighted by Crippen LogP contribution is -2.54. The first-order valence-electron chi connectivity index (χ1n) is 8.10. The van der Waals surface area contributed by atoms with E-state index in [0.29, 0.717) is 13.1 Å². The Labute approximate surface area is 130 Å². The van der Waals surface area contributed by atoms with Gasteiger partial charge in [-0.25, -0.2) is 0 Å². The minimum absolute atomic E-state index is 0.0712. The Bertz CT molecular complexity index is 382. The Morgan fingerprint density at radius 1 is 1.29 bits per heavy atom. The summed E-state index contributed by atoms with van der Waals surface area (Å²) in [5.41, 5.74) is 0. The van der Waals surface area contributed by atoms with Crippen LogP contribution in [-0.4, -0.2) is 69.5 Å². The molecule has 2 atom stereocenters. The lowest BCUT2D eigenvalue weighted by atomic mass is 10.1. The Morgan fingerprint density at radius 3 is 2.52 bits per heavy atom. The molecule has 1 aliphatic heterocycles. The third kappa shape index (κ3) is 5.83. The maximum atomic E-state index is 12.6. The highest BCUT2D eigenvalue weighted by Gasteiger charge is 2.32. The van der Waals surface area contributed by atoms with Crippen LogP contribution in [0.25, 0.3) is 0 Å². The molecule has 2 N–H and O–H groups in total. The van der Waals surface area contributed by atoms with Crippen molar-refractivity contribution in [3.63, 3.8) is 0 Å². The molecule has 0 amide bonds. The minimum atomic E-state index is -3.40. The predicted molar refractivity (Wildman–Crippen MR) is 87.6 cm³/mol. The summed E-state index contributed by atoms with van der Waals surface area (Å²) in [5.74, 6) is 0. The van der Waals surface area contributed by atoms with E-state index >= 15 is 0 Å². The van der Waals surface area contributed by atoms with E-state index in [1.807, 2.05) is 14.0 Å². The SMILES string of the molecule is CCN(CC)CC(C)NS(=O)(=O)N1CCCCC1CNC. The van der Waals surface area contributed by atoms with Gasteiger partial charge in [0, 0.05) is 31.7 Å². The molecule has 126 valence electrons. The van der Waals surface area contributed by atoms with Gasteiger partial charge in [0.2, 0.25) is 0 Å². The van der Waals surface area contributed by atoms with Crippen molar-refractivity contribution in [3.05, 3.63) is 0 Å². The maximum absolute atomic E-state index is 12.6. The molecule has 1 aliphatic rings. The van der Waals surface area contributed by atoms with Crippen LogP contribution in [0, 0.1) is 0 Å². The molecule has 0 spiro atoms. The number of hydrogen-bond acceptors (Lipinski definition) is 4. The fraction of sp³-hybridized carbons (Fsp3) is 1.00. The van der Waals surface area contributed by atoms with Crippen molar-refractivity contribution in [1.82, 2.24) is 19.2 Å². The van der Waals surface area contributed by atoms with Crippen LogP contribution in [0.1, 0.15) is 40.0 Å². The first kappa shape index (κ1) is 18.8. The molecule has 0 saturated carbocycles. The quantitative estimate of drug-likeness (QED) is 0.654. The van der Waals surface area contributed by atoms with E-state index in [4.69, 9.17) is 0 Å². The standard InChI is InChI=1S/C14H32N4O2S/c1-5-17(6-2)12-13(3)16-21(19,20)18-10-8-7-9-14(18)11-15-4/h13-16H,5-12H2,1-4H3. The normalized spacial score (nSPS) is 22.6. The van der Waals surface area contributed by atoms with E-state index in [-0.39, 0.29) is 12.1 Å². The number of rotatable bonds is 9. The molecular formula is C14H32N4O2S. The topological polar surface area (TPSA) is 64.7 Å². The zero-order valence-corrected chi connectivity index (χ0v) is 14.7. The molecule has 0 bridgehead atoms. The number of nitrogens with one attached hydrogen (secondary N) is 2. The van der Waals surface area contributed by atoms with Crippen LogP contribution < -0.4 is 10.0 Å². The fourth-order valence-corrected chi connectivity index (χ4v) is 4.62. The molecule has 2 unspecified atom stereocenters. The van der Waals surface area contributed by atoms with Crippen molar-refractivity contribution in [2.24, 2.45) is 0 Å². The Morgan fingerprint density at radius 2 is 1.95 bits per heavy atom. The summed E-state index contributed by atoms with van der Waals surface area (Å²) in [5, 5.41) is 3.10. The number of piperidine rings is 1. The Balaban J connectivity index is 2.65. The van der Waals surface area contributed by atoms with Crippen molar-refractivity contribution < 1.29 is 8.42 Å². The lowest BCUT2D eigenvalue weighted by molar-refractivity contribution is 0.240. The lowest BCUT2D eigenvalue weighted by Gasteiger charge is -2.35. The van der Waals surface area contributed by atoms with Crippen LogP contribution in [0.4, 0.5) is 0 Å². The molecule has 21 heavy (non-hydrogen) atoms. The van der Waals surface area contributed by atoms with Crippen molar-refractivity contribution >= 4 is 10.2 Å². The molecular weight excluding hydrogens is 288 g/mol. The zero-order chi connectivity index (χ0) is 15.9. The first-order valence-corrected chi connectivity index (χ1v) is 9.54. The fourth-order valence-electron chi connectivity index (χ4n) is 2.96. The van der Waals surface area contributed by atoms with Gasteiger partial charge < -0.3 is 10.2 Å². The summed E-state index contributed by atoms with van der Waals surface area (Å²) < 4.78 is 29.7. The van der Waals surface area contributed by atoms with E-state index in [2.05, 4.69) is 28.8 Å². The Hall–Kier alpha value is -0.210. The van der Waals surface area contributed by atoms with Crippen LogP contribution >= 0.6 is 0 Å². The average Bonchev–Trinajstić information content (AvgIpc) is 2.45. The summed E-state index contributed by atoms with van der Waals surface area (Å²) in [4.78, 5) is 2.23. The van der Waals surface area contributed by atoms with Gasteiger partial charge in [0.15, 0.2) is 0 Å². The number of hydrogen-bond donors (Lipinski definition) is 2. The molecule has 1 rings (SSSR count). The highest BCUT2D eigenvalue weighted by atomic mass is 32.2. The van der Waals surface area contributed by atoms with Gasteiger partial charge in [0.25, 0.3) is 10.2 Å². The van der Waals surface area contributed by atoms with Crippen LogP contribution in [0.5, 0.6) is 0 Å². The van der Waals surface area contributed by atoms with Crippen LogP contribution in [0.15, 0.2) is 0 Å². The molecule has 0 aromatic rings. The minimum Gasteiger partial charge on any atom is -0.318 e. The van der Waals surface area contributed by atoms with Gasteiger partial charge in [-0.05, 0) is 39.9 Å². The van der Waals surface area contributed by atoms with Crippen LogP contribution in [0.2, 0.25) is 0 Å². The summed E-state index contributed by atoms with van der Waals surface area (Å²) >= 11 is 0. The predicted octanol–water partition coefficient (Wildman–Crippen LogP) is 0.625. The highest BCUT2D eigenvalue weighted by molar-refractivity contribution is 7.87. The Kier molecular flexibility index (Phi) is 8.12. The van der Waals surface area contributed by atoms with Crippen molar-refractivity contribution in [2.75, 3.05) is 39.8 Å². The highest BCUT2D eigenvalue weighted by Crippen LogP contribution is 2.19. The number of likely N-dealkylation sites (N-methyl/N-ethyl adjacent to an activating group) is 2. The molecule has 1 heterocycles. The summed E-state index contributed by atoms with van der Waals surface area (Å²) in [7, 11) is -1.53. The first-order chi connectivity index (χ1) is 9.94. The second-order valence-corrected chi connectivity index (χ2v) is 7.48. The third-order valence-corrected chi connectivity index (χ3v) is 5.90. The second-order valence-electron chi connectivity index (χ2n) is 5.83. The van der Waals surface area contributed by atoms with E-state index in [0.717, 1.165) is 38.9 Å². The van der Waals surface area contributed by atoms with E-state index in [1.54, 1.807) is 4.31 Å². The maximum Gasteiger partial charge on any atom is 0.280 e. The van der Waals surface area contributed by atoms with Gasteiger partial charge in [-0.15, -0.1) is 0 Å². The third-order valence-electron chi connectivity index (χ3n) is 4.10.